The lowest BCUT2D eigenvalue weighted by Gasteiger charge is -2.20. The number of hydrogen-bond acceptors (Lipinski definition) is 4. The zero-order chi connectivity index (χ0) is 20.7. The van der Waals surface area contributed by atoms with E-state index in [1.165, 1.54) is 30.5 Å². The molecule has 2 aromatic carbocycles. The Bertz CT molecular complexity index is 830. The predicted molar refractivity (Wildman–Crippen MR) is 109 cm³/mol. The molecule has 2 amide bonds. The molecule has 0 radical (unpaired) electrons. The number of anilines is 1. The van der Waals surface area contributed by atoms with Gasteiger partial charge < -0.3 is 10.2 Å². The lowest BCUT2D eigenvalue weighted by Crippen LogP contribution is -2.48. The molecule has 1 unspecified atom stereocenters. The lowest BCUT2D eigenvalue weighted by atomic mass is 10.0. The summed E-state index contributed by atoms with van der Waals surface area (Å²) in [5.41, 5.74) is 4.64. The van der Waals surface area contributed by atoms with Gasteiger partial charge in [-0.25, -0.2) is 9.82 Å². The first-order valence-corrected chi connectivity index (χ1v) is 8.94. The van der Waals surface area contributed by atoms with Crippen LogP contribution in [0.25, 0.3) is 0 Å². The summed E-state index contributed by atoms with van der Waals surface area (Å²) in [5, 5.41) is 6.64. The van der Waals surface area contributed by atoms with Crippen molar-refractivity contribution >= 4 is 23.7 Å². The van der Waals surface area contributed by atoms with Gasteiger partial charge in [0.25, 0.3) is 11.8 Å². The van der Waals surface area contributed by atoms with Crippen molar-refractivity contribution < 1.29 is 14.0 Å². The number of rotatable bonds is 7. The van der Waals surface area contributed by atoms with Gasteiger partial charge in [0.1, 0.15) is 11.9 Å². The van der Waals surface area contributed by atoms with Gasteiger partial charge in [0.2, 0.25) is 0 Å². The second-order valence-electron chi connectivity index (χ2n) is 6.92. The van der Waals surface area contributed by atoms with E-state index in [0.29, 0.717) is 0 Å². The highest BCUT2D eigenvalue weighted by molar-refractivity contribution is 5.97. The van der Waals surface area contributed by atoms with Crippen LogP contribution in [0.5, 0.6) is 0 Å². The molecule has 28 heavy (non-hydrogen) atoms. The third-order valence-corrected chi connectivity index (χ3v) is 4.14. The standard InChI is InChI=1S/C21H25FN4O2/c1-14(2)19(24-20(27)16-7-9-17(22)10-8-16)21(28)25-23-13-15-5-11-18(12-6-15)26(3)4/h5-14,19H,1-4H3,(H,24,27)(H,25,28). The van der Waals surface area contributed by atoms with Crippen LogP contribution in [0.3, 0.4) is 0 Å². The van der Waals surface area contributed by atoms with E-state index in [4.69, 9.17) is 0 Å². The number of amides is 2. The van der Waals surface area contributed by atoms with Crippen LogP contribution in [0.4, 0.5) is 10.1 Å². The average molecular weight is 384 g/mol. The molecule has 0 aromatic heterocycles. The molecule has 7 heteroatoms. The number of benzene rings is 2. The van der Waals surface area contributed by atoms with Crippen molar-refractivity contribution in [3.8, 4) is 0 Å². The molecule has 0 saturated heterocycles. The highest BCUT2D eigenvalue weighted by Gasteiger charge is 2.24. The van der Waals surface area contributed by atoms with Crippen molar-refractivity contribution in [3.63, 3.8) is 0 Å². The third kappa shape index (κ3) is 5.90. The third-order valence-electron chi connectivity index (χ3n) is 4.14. The topological polar surface area (TPSA) is 73.8 Å². The largest absolute Gasteiger partial charge is 0.378 e. The van der Waals surface area contributed by atoms with Crippen LogP contribution >= 0.6 is 0 Å². The van der Waals surface area contributed by atoms with Crippen LogP contribution in [-0.2, 0) is 4.79 Å². The van der Waals surface area contributed by atoms with Gasteiger partial charge in [-0.1, -0.05) is 26.0 Å². The molecule has 2 aromatic rings. The molecule has 0 aliphatic rings. The highest BCUT2D eigenvalue weighted by Crippen LogP contribution is 2.11. The summed E-state index contributed by atoms with van der Waals surface area (Å²) in [7, 11) is 3.91. The maximum Gasteiger partial charge on any atom is 0.262 e. The summed E-state index contributed by atoms with van der Waals surface area (Å²) in [6.07, 6.45) is 1.54. The zero-order valence-electron chi connectivity index (χ0n) is 16.4. The van der Waals surface area contributed by atoms with Crippen molar-refractivity contribution in [1.29, 1.82) is 0 Å². The quantitative estimate of drug-likeness (QED) is 0.569. The molecule has 2 N–H and O–H groups in total. The van der Waals surface area contributed by atoms with Gasteiger partial charge in [-0.05, 0) is 47.9 Å². The van der Waals surface area contributed by atoms with E-state index in [9.17, 15) is 14.0 Å². The van der Waals surface area contributed by atoms with Crippen LogP contribution in [0, 0.1) is 11.7 Å². The van der Waals surface area contributed by atoms with E-state index >= 15 is 0 Å². The van der Waals surface area contributed by atoms with E-state index in [2.05, 4.69) is 15.8 Å². The first-order chi connectivity index (χ1) is 13.3. The molecular formula is C21H25FN4O2. The van der Waals surface area contributed by atoms with Gasteiger partial charge in [0.15, 0.2) is 0 Å². The molecule has 0 heterocycles. The number of halogens is 1. The van der Waals surface area contributed by atoms with Crippen molar-refractivity contribution in [2.24, 2.45) is 11.0 Å². The number of hydrogen-bond donors (Lipinski definition) is 2. The zero-order valence-corrected chi connectivity index (χ0v) is 16.4. The van der Waals surface area contributed by atoms with Crippen LogP contribution in [0.15, 0.2) is 53.6 Å². The number of carbonyl (C=O) groups excluding carboxylic acids is 2. The minimum absolute atomic E-state index is 0.154. The lowest BCUT2D eigenvalue weighted by molar-refractivity contribution is -0.123. The highest BCUT2D eigenvalue weighted by atomic mass is 19.1. The second-order valence-corrected chi connectivity index (χ2v) is 6.92. The van der Waals surface area contributed by atoms with Gasteiger partial charge in [0, 0.05) is 25.3 Å². The Hall–Kier alpha value is -3.22. The van der Waals surface area contributed by atoms with Crippen molar-refractivity contribution in [3.05, 3.63) is 65.5 Å². The summed E-state index contributed by atoms with van der Waals surface area (Å²) in [6, 6.07) is 12.0. The number of hydrazone groups is 1. The van der Waals surface area contributed by atoms with Gasteiger partial charge in [0.05, 0.1) is 6.21 Å². The monoisotopic (exact) mass is 384 g/mol. The molecule has 0 spiro atoms. The molecular weight excluding hydrogens is 359 g/mol. The smallest absolute Gasteiger partial charge is 0.262 e. The Kier molecular flexibility index (Phi) is 7.26. The molecule has 148 valence electrons. The Morgan fingerprint density at radius 3 is 2.18 bits per heavy atom. The summed E-state index contributed by atoms with van der Waals surface area (Å²) in [4.78, 5) is 26.7. The van der Waals surface area contributed by atoms with Gasteiger partial charge in [-0.15, -0.1) is 0 Å². The van der Waals surface area contributed by atoms with Crippen molar-refractivity contribution in [2.75, 3.05) is 19.0 Å². The van der Waals surface area contributed by atoms with Crippen molar-refractivity contribution in [2.45, 2.75) is 19.9 Å². The molecule has 0 saturated carbocycles. The van der Waals surface area contributed by atoms with Gasteiger partial charge in [-0.2, -0.15) is 5.10 Å². The summed E-state index contributed by atoms with van der Waals surface area (Å²) in [5.74, 6) is -1.45. The molecule has 0 bridgehead atoms. The second kappa shape index (κ2) is 9.64. The first kappa shape index (κ1) is 21.1. The Morgan fingerprint density at radius 2 is 1.64 bits per heavy atom. The minimum Gasteiger partial charge on any atom is -0.378 e. The Balaban J connectivity index is 1.98. The number of nitrogens with zero attached hydrogens (tertiary/aromatic N) is 2. The first-order valence-electron chi connectivity index (χ1n) is 8.94. The SMILES string of the molecule is CC(C)C(NC(=O)c1ccc(F)cc1)C(=O)NN=Cc1ccc(N(C)C)cc1. The molecule has 0 aliphatic heterocycles. The van der Waals surface area contributed by atoms with E-state index in [1.54, 1.807) is 0 Å². The van der Waals surface area contributed by atoms with E-state index in [-0.39, 0.29) is 11.5 Å². The molecule has 0 fully saturated rings. The Morgan fingerprint density at radius 1 is 1.04 bits per heavy atom. The number of nitrogens with one attached hydrogen (secondary N) is 2. The summed E-state index contributed by atoms with van der Waals surface area (Å²) >= 11 is 0. The van der Waals surface area contributed by atoms with E-state index in [1.807, 2.05) is 57.1 Å². The molecule has 2 rings (SSSR count). The fraction of sp³-hybridized carbons (Fsp3) is 0.286. The van der Waals surface area contributed by atoms with Gasteiger partial charge in [-0.3, -0.25) is 9.59 Å². The predicted octanol–water partition coefficient (Wildman–Crippen LogP) is 2.80. The molecule has 1 atom stereocenters. The van der Waals surface area contributed by atoms with E-state index < -0.39 is 23.7 Å². The maximum atomic E-state index is 13.0. The van der Waals surface area contributed by atoms with Crippen molar-refractivity contribution in [1.82, 2.24) is 10.7 Å². The normalized spacial score (nSPS) is 12.1. The molecule has 0 aliphatic carbocycles. The average Bonchev–Trinajstić information content (AvgIpc) is 2.66. The minimum atomic E-state index is -0.772. The fourth-order valence-corrected chi connectivity index (χ4v) is 2.46. The van der Waals surface area contributed by atoms with E-state index in [0.717, 1.165) is 11.3 Å². The van der Waals surface area contributed by atoms with Gasteiger partial charge >= 0.3 is 0 Å². The summed E-state index contributed by atoms with van der Waals surface area (Å²) < 4.78 is 13.0. The number of carbonyl (C=O) groups is 2. The van der Waals surface area contributed by atoms with Crippen LogP contribution in [-0.4, -0.2) is 38.2 Å². The van der Waals surface area contributed by atoms with Crippen LogP contribution in [0.2, 0.25) is 0 Å². The summed E-state index contributed by atoms with van der Waals surface area (Å²) in [6.45, 7) is 3.64. The maximum absolute atomic E-state index is 13.0. The van der Waals surface area contributed by atoms with Crippen LogP contribution in [0.1, 0.15) is 29.8 Å². The van der Waals surface area contributed by atoms with Crippen LogP contribution < -0.4 is 15.6 Å². The molecule has 6 nitrogen and oxygen atoms in total. The fourth-order valence-electron chi connectivity index (χ4n) is 2.46. The Labute approximate surface area is 164 Å².